The number of thiophene rings is 1. The molecule has 0 amide bonds. The summed E-state index contributed by atoms with van der Waals surface area (Å²) in [7, 11) is 0. The Bertz CT molecular complexity index is 2180. The molecule has 1 aliphatic rings. The number of carbonyl (C=O) groups excluding carboxylic acids is 1. The molecule has 265 valence electrons. The van der Waals surface area contributed by atoms with Crippen molar-refractivity contribution in [1.82, 2.24) is 9.97 Å². The van der Waals surface area contributed by atoms with Gasteiger partial charge in [0.05, 0.1) is 0 Å². The van der Waals surface area contributed by atoms with Gasteiger partial charge in [-0.3, -0.25) is 9.78 Å². The van der Waals surface area contributed by atoms with E-state index in [-0.39, 0.29) is 42.5 Å². The number of allylic oxidation sites excluding steroid dienone is 2. The molecule has 0 atom stereocenters. The third-order valence-electron chi connectivity index (χ3n) is 11.2. The van der Waals surface area contributed by atoms with Crippen LogP contribution >= 0.6 is 11.3 Å². The molecule has 1 aliphatic carbocycles. The van der Waals surface area contributed by atoms with Crippen LogP contribution in [0.5, 0.6) is 0 Å². The molecule has 51 heavy (non-hydrogen) atoms. The Hall–Kier alpha value is -3.96. The van der Waals surface area contributed by atoms with E-state index in [2.05, 4.69) is 96.0 Å². The smallest absolute Gasteiger partial charge is 0.164 e. The first-order valence-corrected chi connectivity index (χ1v) is 18.8. The van der Waals surface area contributed by atoms with Crippen LogP contribution < -0.4 is 0 Å². The Morgan fingerprint density at radius 2 is 1.47 bits per heavy atom. The zero-order chi connectivity index (χ0) is 35.5. The number of hydrogen-bond donors (Lipinski definition) is 1. The van der Waals surface area contributed by atoms with Crippen LogP contribution in [0.1, 0.15) is 77.7 Å². The first-order chi connectivity index (χ1) is 24.2. The number of ketones is 1. The van der Waals surface area contributed by atoms with E-state index in [0.717, 1.165) is 65.4 Å². The Morgan fingerprint density at radius 3 is 2.18 bits per heavy atom. The SMILES string of the molecule is CCC(C)(CC)C(=O)/C=C(\O)C(C)(CC)CC.[Ir].[c-]1c(-c2ncnc3sc4c(c23)-c2ccccc2CC4)cc(-c2ccccc2)c2ccccc12. The van der Waals surface area contributed by atoms with Crippen LogP contribution in [0.4, 0.5) is 0 Å². The number of aromatic nitrogens is 2. The second-order valence-corrected chi connectivity index (χ2v) is 15.0. The molecule has 0 unspecified atom stereocenters. The van der Waals surface area contributed by atoms with Gasteiger partial charge in [-0.15, -0.1) is 34.9 Å². The molecule has 2 heterocycles. The van der Waals surface area contributed by atoms with E-state index in [1.807, 2.05) is 52.9 Å². The van der Waals surface area contributed by atoms with E-state index in [1.165, 1.54) is 44.2 Å². The van der Waals surface area contributed by atoms with Gasteiger partial charge in [-0.1, -0.05) is 131 Å². The number of fused-ring (bicyclic) bond motifs is 6. The van der Waals surface area contributed by atoms with Crippen molar-refractivity contribution in [1.29, 1.82) is 0 Å². The van der Waals surface area contributed by atoms with E-state index in [4.69, 9.17) is 4.98 Å². The molecule has 4 aromatic carbocycles. The van der Waals surface area contributed by atoms with Crippen LogP contribution in [0.25, 0.3) is 54.5 Å². The minimum absolute atomic E-state index is 0. The van der Waals surface area contributed by atoms with E-state index in [0.29, 0.717) is 0 Å². The average Bonchev–Trinajstić information content (AvgIpc) is 3.57. The van der Waals surface area contributed by atoms with Gasteiger partial charge in [0.2, 0.25) is 0 Å². The molecular weight excluding hydrogens is 825 g/mol. The van der Waals surface area contributed by atoms with Crippen LogP contribution in [0.2, 0.25) is 0 Å². The number of nitrogens with zero attached hydrogens (tertiary/aromatic N) is 2. The maximum atomic E-state index is 12.2. The van der Waals surface area contributed by atoms with Crippen LogP contribution in [0.15, 0.2) is 103 Å². The predicted molar refractivity (Wildman–Crippen MR) is 211 cm³/mol. The Morgan fingerprint density at radius 1 is 0.824 bits per heavy atom. The van der Waals surface area contributed by atoms with Crippen molar-refractivity contribution in [3.8, 4) is 33.5 Å². The summed E-state index contributed by atoms with van der Waals surface area (Å²) in [6.45, 7) is 12.1. The molecule has 4 nitrogen and oxygen atoms in total. The zero-order valence-electron chi connectivity index (χ0n) is 30.5. The molecular formula is C45H47IrN2O2S-. The third-order valence-corrected chi connectivity index (χ3v) is 12.3. The quantitative estimate of drug-likeness (QED) is 0.0893. The van der Waals surface area contributed by atoms with Gasteiger partial charge < -0.3 is 5.11 Å². The van der Waals surface area contributed by atoms with Crippen LogP contribution in [-0.4, -0.2) is 20.9 Å². The Balaban J connectivity index is 0.000000242. The molecule has 0 fully saturated rings. The van der Waals surface area contributed by atoms with Crippen molar-refractivity contribution >= 4 is 38.1 Å². The largest absolute Gasteiger partial charge is 0.512 e. The zero-order valence-corrected chi connectivity index (χ0v) is 33.7. The van der Waals surface area contributed by atoms with Crippen LogP contribution in [-0.2, 0) is 37.7 Å². The minimum atomic E-state index is -0.337. The van der Waals surface area contributed by atoms with Crippen LogP contribution in [0, 0.1) is 16.9 Å². The molecule has 0 saturated carbocycles. The molecule has 0 aliphatic heterocycles. The molecule has 1 N–H and O–H groups in total. The van der Waals surface area contributed by atoms with Gasteiger partial charge in [0, 0.05) is 58.5 Å². The summed E-state index contributed by atoms with van der Waals surface area (Å²) in [5, 5.41) is 13.6. The molecule has 1 radical (unpaired) electrons. The van der Waals surface area contributed by atoms with Gasteiger partial charge in [0.15, 0.2) is 5.78 Å². The van der Waals surface area contributed by atoms with Gasteiger partial charge in [0.1, 0.15) is 16.9 Å². The summed E-state index contributed by atoms with van der Waals surface area (Å²) in [6, 6.07) is 33.8. The summed E-state index contributed by atoms with van der Waals surface area (Å²) >= 11 is 1.81. The number of rotatable bonds is 9. The Kier molecular flexibility index (Phi) is 12.1. The monoisotopic (exact) mass is 872 g/mol. The fraction of sp³-hybridized carbons (Fsp3) is 0.311. The number of benzene rings is 4. The average molecular weight is 872 g/mol. The summed E-state index contributed by atoms with van der Waals surface area (Å²) in [6.07, 6.45) is 8.60. The second-order valence-electron chi connectivity index (χ2n) is 13.9. The first kappa shape index (κ1) is 38.3. The van der Waals surface area contributed by atoms with E-state index in [9.17, 15) is 9.90 Å². The fourth-order valence-corrected chi connectivity index (χ4v) is 7.92. The van der Waals surface area contributed by atoms with Crippen molar-refractivity contribution in [3.05, 3.63) is 120 Å². The number of aliphatic hydroxyl groups is 1. The Labute approximate surface area is 320 Å². The van der Waals surface area contributed by atoms with Gasteiger partial charge >= 0.3 is 0 Å². The van der Waals surface area contributed by atoms with Crippen LogP contribution in [0.3, 0.4) is 0 Å². The summed E-state index contributed by atoms with van der Waals surface area (Å²) in [4.78, 5) is 24.2. The summed E-state index contributed by atoms with van der Waals surface area (Å²) < 4.78 is 0. The van der Waals surface area contributed by atoms with E-state index >= 15 is 0 Å². The third kappa shape index (κ3) is 7.51. The number of carbonyl (C=O) groups is 1. The fourth-order valence-electron chi connectivity index (χ4n) is 6.77. The van der Waals surface area contributed by atoms with Gasteiger partial charge in [-0.05, 0) is 55.2 Å². The number of aliphatic hydroxyl groups excluding tert-OH is 1. The van der Waals surface area contributed by atoms with Crippen molar-refractivity contribution in [3.63, 3.8) is 0 Å². The van der Waals surface area contributed by atoms with Gasteiger partial charge in [-0.2, -0.15) is 0 Å². The molecule has 0 saturated heterocycles. The van der Waals surface area contributed by atoms with Gasteiger partial charge in [0.25, 0.3) is 0 Å². The number of hydrogen-bond acceptors (Lipinski definition) is 5. The number of aryl methyl sites for hydroxylation is 2. The summed E-state index contributed by atoms with van der Waals surface area (Å²) in [5.74, 6) is 0.286. The van der Waals surface area contributed by atoms with Crippen molar-refractivity contribution < 1.29 is 30.0 Å². The maximum absolute atomic E-state index is 12.2. The maximum Gasteiger partial charge on any atom is 0.164 e. The molecule has 6 heteroatoms. The predicted octanol–water partition coefficient (Wildman–Crippen LogP) is 12.4. The standard InChI is InChI=1S/C30H19N2S.C15H28O2.Ir/c1-2-8-19(9-3-1)25-17-22(16-21-11-5-6-12-23(21)25)29-28-27-24-13-7-4-10-20(24)14-15-26(27)33-30(28)32-18-31-29;1-7-14(5,8-2)12(16)11-13(17)15(6,9-3)10-4;/h1-13,17-18H,14-15H2;11,16H,7-10H2,1-6H3;/q-1;;/b;12-11-;. The summed E-state index contributed by atoms with van der Waals surface area (Å²) in [5.41, 5.74) is 7.84. The van der Waals surface area contributed by atoms with Gasteiger partial charge in [-0.25, -0.2) is 4.98 Å². The van der Waals surface area contributed by atoms with E-state index in [1.54, 1.807) is 6.33 Å². The van der Waals surface area contributed by atoms with Crippen molar-refractivity contribution in [2.45, 2.75) is 80.1 Å². The van der Waals surface area contributed by atoms with Crippen molar-refractivity contribution in [2.75, 3.05) is 0 Å². The second kappa shape index (κ2) is 16.2. The normalized spacial score (nSPS) is 12.8. The molecule has 7 rings (SSSR count). The van der Waals surface area contributed by atoms with Crippen molar-refractivity contribution in [2.24, 2.45) is 10.8 Å². The first-order valence-electron chi connectivity index (χ1n) is 18.0. The molecule has 0 spiro atoms. The molecule has 0 bridgehead atoms. The topological polar surface area (TPSA) is 63.1 Å². The molecule has 6 aromatic rings. The molecule has 2 aromatic heterocycles. The minimum Gasteiger partial charge on any atom is -0.512 e. The van der Waals surface area contributed by atoms with E-state index < -0.39 is 0 Å².